The molecule has 3 rings (SSSR count). The Balaban J connectivity index is 1.70. The van der Waals surface area contributed by atoms with Gasteiger partial charge in [0, 0.05) is 40.1 Å². The Kier molecular flexibility index (Phi) is 3.60. The number of H-pyrrole nitrogens is 1. The van der Waals surface area contributed by atoms with Gasteiger partial charge in [0.25, 0.3) is 0 Å². The number of halogens is 1. The first-order valence-corrected chi connectivity index (χ1v) is 7.49. The first-order valence-electron chi connectivity index (χ1n) is 6.23. The minimum absolute atomic E-state index is 0.767. The van der Waals surface area contributed by atoms with Crippen LogP contribution in [0, 0.1) is 6.92 Å². The largest absolute Gasteiger partial charge is 0.361 e. The highest BCUT2D eigenvalue weighted by atomic mass is 35.5. The third kappa shape index (κ3) is 2.68. The number of benzene rings is 1. The number of nitrogens with one attached hydrogen (secondary N) is 2. The van der Waals surface area contributed by atoms with Crippen molar-refractivity contribution >= 4 is 33.8 Å². The number of thiophene rings is 1. The zero-order valence-electron chi connectivity index (χ0n) is 10.7. The average molecular weight is 291 g/mol. The molecule has 0 aliphatic carbocycles. The van der Waals surface area contributed by atoms with Crippen molar-refractivity contribution in [1.82, 2.24) is 10.3 Å². The van der Waals surface area contributed by atoms with Crippen molar-refractivity contribution in [2.45, 2.75) is 20.0 Å². The summed E-state index contributed by atoms with van der Waals surface area (Å²) < 4.78 is 0. The lowest BCUT2D eigenvalue weighted by atomic mass is 10.2. The maximum atomic E-state index is 5.98. The van der Waals surface area contributed by atoms with E-state index in [9.17, 15) is 0 Å². The lowest BCUT2D eigenvalue weighted by Gasteiger charge is -2.03. The van der Waals surface area contributed by atoms with E-state index in [4.69, 9.17) is 11.6 Å². The van der Waals surface area contributed by atoms with E-state index < -0.39 is 0 Å². The van der Waals surface area contributed by atoms with E-state index in [1.165, 1.54) is 21.4 Å². The molecule has 0 unspecified atom stereocenters. The minimum Gasteiger partial charge on any atom is -0.361 e. The maximum Gasteiger partial charge on any atom is 0.0472 e. The van der Waals surface area contributed by atoms with Crippen LogP contribution in [-0.2, 0) is 13.1 Å². The van der Waals surface area contributed by atoms with E-state index in [-0.39, 0.29) is 0 Å². The fourth-order valence-electron chi connectivity index (χ4n) is 2.20. The van der Waals surface area contributed by atoms with Gasteiger partial charge in [-0.1, -0.05) is 17.7 Å². The Morgan fingerprint density at radius 2 is 2.16 bits per heavy atom. The van der Waals surface area contributed by atoms with Gasteiger partial charge >= 0.3 is 0 Å². The van der Waals surface area contributed by atoms with E-state index in [1.54, 1.807) is 11.3 Å². The van der Waals surface area contributed by atoms with E-state index in [2.05, 4.69) is 40.9 Å². The molecule has 0 aliphatic rings. The number of fused-ring (bicyclic) bond motifs is 1. The summed E-state index contributed by atoms with van der Waals surface area (Å²) in [6.07, 6.45) is 2.05. The van der Waals surface area contributed by atoms with Crippen LogP contribution in [0.1, 0.15) is 16.0 Å². The van der Waals surface area contributed by atoms with Gasteiger partial charge in [0.05, 0.1) is 0 Å². The highest BCUT2D eigenvalue weighted by Gasteiger charge is 2.04. The predicted molar refractivity (Wildman–Crippen MR) is 82.9 cm³/mol. The number of rotatable bonds is 4. The summed E-state index contributed by atoms with van der Waals surface area (Å²) in [5.41, 5.74) is 3.74. The average Bonchev–Trinajstić information content (AvgIpc) is 2.97. The van der Waals surface area contributed by atoms with Crippen LogP contribution < -0.4 is 5.32 Å². The molecule has 2 N–H and O–H groups in total. The summed E-state index contributed by atoms with van der Waals surface area (Å²) in [4.78, 5) is 4.67. The first-order chi connectivity index (χ1) is 9.24. The van der Waals surface area contributed by atoms with Crippen LogP contribution in [0.25, 0.3) is 10.9 Å². The molecule has 0 saturated carbocycles. The molecule has 0 bridgehead atoms. The second kappa shape index (κ2) is 5.37. The van der Waals surface area contributed by atoms with Crippen molar-refractivity contribution in [2.24, 2.45) is 0 Å². The van der Waals surface area contributed by atoms with Gasteiger partial charge in [0.15, 0.2) is 0 Å². The lowest BCUT2D eigenvalue weighted by molar-refractivity contribution is 0.702. The van der Waals surface area contributed by atoms with Crippen molar-refractivity contribution < 1.29 is 0 Å². The summed E-state index contributed by atoms with van der Waals surface area (Å²) in [5, 5.41) is 7.64. The van der Waals surface area contributed by atoms with Gasteiger partial charge in [-0.25, -0.2) is 0 Å². The molecule has 3 aromatic rings. The minimum atomic E-state index is 0.767. The van der Waals surface area contributed by atoms with E-state index >= 15 is 0 Å². The van der Waals surface area contributed by atoms with Crippen LogP contribution in [0.15, 0.2) is 35.8 Å². The Hall–Kier alpha value is -1.29. The highest BCUT2D eigenvalue weighted by Crippen LogP contribution is 2.22. The number of aromatic amines is 1. The summed E-state index contributed by atoms with van der Waals surface area (Å²) >= 11 is 7.79. The van der Waals surface area contributed by atoms with Crippen LogP contribution in [0.3, 0.4) is 0 Å². The van der Waals surface area contributed by atoms with Gasteiger partial charge < -0.3 is 10.3 Å². The van der Waals surface area contributed by atoms with Crippen molar-refractivity contribution in [3.63, 3.8) is 0 Å². The van der Waals surface area contributed by atoms with Crippen molar-refractivity contribution in [3.05, 3.63) is 56.9 Å². The van der Waals surface area contributed by atoms with Crippen molar-refractivity contribution in [1.29, 1.82) is 0 Å². The molecule has 19 heavy (non-hydrogen) atoms. The molecule has 0 spiro atoms. The molecular formula is C15H15ClN2S. The fraction of sp³-hybridized carbons (Fsp3) is 0.200. The second-order valence-corrected chi connectivity index (χ2v) is 6.07. The van der Waals surface area contributed by atoms with Gasteiger partial charge in [-0.05, 0) is 41.6 Å². The van der Waals surface area contributed by atoms with Crippen LogP contribution in [-0.4, -0.2) is 4.98 Å². The van der Waals surface area contributed by atoms with Crippen LogP contribution in [0.5, 0.6) is 0 Å². The predicted octanol–water partition coefficient (Wildman–Crippen LogP) is 4.48. The van der Waals surface area contributed by atoms with Gasteiger partial charge in [0.1, 0.15) is 0 Å². The maximum absolute atomic E-state index is 5.98. The Morgan fingerprint density at radius 1 is 1.26 bits per heavy atom. The number of aryl methyl sites for hydroxylation is 1. The smallest absolute Gasteiger partial charge is 0.0472 e. The van der Waals surface area contributed by atoms with E-state index in [0.717, 1.165) is 23.6 Å². The molecule has 98 valence electrons. The summed E-state index contributed by atoms with van der Waals surface area (Å²) in [7, 11) is 0. The van der Waals surface area contributed by atoms with E-state index in [0.29, 0.717) is 0 Å². The van der Waals surface area contributed by atoms with Gasteiger partial charge in [-0.15, -0.1) is 11.3 Å². The topological polar surface area (TPSA) is 27.8 Å². The first kappa shape index (κ1) is 12.7. The van der Waals surface area contributed by atoms with Crippen LogP contribution in [0.4, 0.5) is 0 Å². The Bertz CT molecular complexity index is 699. The summed E-state index contributed by atoms with van der Waals surface area (Å²) in [6, 6.07) is 8.13. The molecular weight excluding hydrogens is 276 g/mol. The number of aromatic nitrogens is 1. The third-order valence-electron chi connectivity index (χ3n) is 3.30. The van der Waals surface area contributed by atoms with Crippen LogP contribution >= 0.6 is 22.9 Å². The quantitative estimate of drug-likeness (QED) is 0.728. The molecule has 0 fully saturated rings. The Labute approximate surface area is 121 Å². The van der Waals surface area contributed by atoms with Gasteiger partial charge in [0.2, 0.25) is 0 Å². The summed E-state index contributed by atoms with van der Waals surface area (Å²) in [6.45, 7) is 3.93. The zero-order chi connectivity index (χ0) is 13.2. The molecule has 0 aliphatic heterocycles. The van der Waals surface area contributed by atoms with Crippen molar-refractivity contribution in [2.75, 3.05) is 0 Å². The van der Waals surface area contributed by atoms with Crippen LogP contribution in [0.2, 0.25) is 5.02 Å². The van der Waals surface area contributed by atoms with Gasteiger partial charge in [-0.2, -0.15) is 0 Å². The molecule has 0 saturated heterocycles. The fourth-order valence-corrected chi connectivity index (χ4v) is 3.25. The lowest BCUT2D eigenvalue weighted by Crippen LogP contribution is -2.11. The van der Waals surface area contributed by atoms with Gasteiger partial charge in [-0.3, -0.25) is 0 Å². The molecule has 2 aromatic heterocycles. The SMILES string of the molecule is Cc1ccsc1CNCc1c[nH]c2cc(Cl)ccc12. The second-order valence-electron chi connectivity index (χ2n) is 4.63. The third-order valence-corrected chi connectivity index (χ3v) is 4.56. The Morgan fingerprint density at radius 3 is 2.95 bits per heavy atom. The molecule has 0 atom stereocenters. The molecule has 1 aromatic carbocycles. The molecule has 0 amide bonds. The molecule has 2 nitrogen and oxygen atoms in total. The molecule has 2 heterocycles. The molecule has 4 heteroatoms. The van der Waals surface area contributed by atoms with Crippen molar-refractivity contribution in [3.8, 4) is 0 Å². The number of hydrogen-bond donors (Lipinski definition) is 2. The zero-order valence-corrected chi connectivity index (χ0v) is 12.2. The van der Waals surface area contributed by atoms with E-state index in [1.807, 2.05) is 12.1 Å². The number of hydrogen-bond acceptors (Lipinski definition) is 2. The highest BCUT2D eigenvalue weighted by molar-refractivity contribution is 7.10. The monoisotopic (exact) mass is 290 g/mol. The molecule has 0 radical (unpaired) electrons. The normalized spacial score (nSPS) is 11.3. The summed E-state index contributed by atoms with van der Waals surface area (Å²) in [5.74, 6) is 0. The standard InChI is InChI=1S/C15H15ClN2S/c1-10-4-5-19-15(10)9-17-7-11-8-18-14-6-12(16)2-3-13(11)14/h2-6,8,17-18H,7,9H2,1H3.